The van der Waals surface area contributed by atoms with Gasteiger partial charge in [0, 0.05) is 53.6 Å². The molecule has 3 heteroatoms. The first kappa shape index (κ1) is 29.5. The molecule has 240 valence electrons. The fraction of sp³-hybridized carbons (Fsp3) is 0. The van der Waals surface area contributed by atoms with E-state index >= 15 is 0 Å². The maximum absolute atomic E-state index is 2.41. The first-order chi connectivity index (χ1) is 25.3. The Hall–Kier alpha value is -6.42. The highest BCUT2D eigenvalue weighted by atomic mass is 32.1. The molecule has 0 radical (unpaired) electrons. The second-order valence-electron chi connectivity index (χ2n) is 13.0. The van der Waals surface area contributed by atoms with Crippen LogP contribution >= 0.6 is 11.3 Å². The third-order valence-electron chi connectivity index (χ3n) is 9.99. The maximum Gasteiger partial charge on any atom is 0.0541 e. The fourth-order valence-corrected chi connectivity index (χ4v) is 8.78. The van der Waals surface area contributed by atoms with Crippen LogP contribution in [0, 0.1) is 0 Å². The van der Waals surface area contributed by atoms with Crippen LogP contribution in [-0.2, 0) is 0 Å². The van der Waals surface area contributed by atoms with E-state index in [0.717, 1.165) is 17.1 Å². The number of anilines is 3. The fourth-order valence-electron chi connectivity index (χ4n) is 7.64. The minimum Gasteiger partial charge on any atom is -0.310 e. The zero-order valence-corrected chi connectivity index (χ0v) is 28.6. The zero-order chi connectivity index (χ0) is 33.7. The van der Waals surface area contributed by atoms with Crippen molar-refractivity contribution in [1.82, 2.24) is 4.57 Å². The van der Waals surface area contributed by atoms with Crippen LogP contribution in [0.2, 0.25) is 0 Å². The quantitative estimate of drug-likeness (QED) is 0.171. The van der Waals surface area contributed by atoms with Gasteiger partial charge in [-0.3, -0.25) is 0 Å². The average Bonchev–Trinajstić information content (AvgIpc) is 3.74. The number of hydrogen-bond acceptors (Lipinski definition) is 2. The molecule has 0 saturated carbocycles. The summed E-state index contributed by atoms with van der Waals surface area (Å²) in [5.74, 6) is 0. The highest BCUT2D eigenvalue weighted by Crippen LogP contribution is 2.42. The number of fused-ring (bicyclic) bond motifs is 6. The van der Waals surface area contributed by atoms with Gasteiger partial charge in [0.25, 0.3) is 0 Å². The van der Waals surface area contributed by atoms with Crippen LogP contribution < -0.4 is 4.90 Å². The van der Waals surface area contributed by atoms with Crippen LogP contribution in [-0.4, -0.2) is 4.57 Å². The average molecular weight is 669 g/mol. The number of nitrogens with zero attached hydrogens (tertiary/aromatic N) is 2. The predicted molar refractivity (Wildman–Crippen MR) is 219 cm³/mol. The Morgan fingerprint density at radius 2 is 0.941 bits per heavy atom. The summed E-state index contributed by atoms with van der Waals surface area (Å²) >= 11 is 1.86. The van der Waals surface area contributed by atoms with Gasteiger partial charge in [-0.25, -0.2) is 0 Å². The second kappa shape index (κ2) is 12.2. The SMILES string of the molecule is c1ccc(-c2cccc(N(c3ccc(-c4ccccc4-n4c5ccccc5c5ccccc54)cc3)c3ccc4c(c3)sc3ccccc34)c2)cc1. The molecule has 10 rings (SSSR count). The van der Waals surface area contributed by atoms with Gasteiger partial charge in [-0.05, 0) is 77.4 Å². The third kappa shape index (κ3) is 5.01. The van der Waals surface area contributed by atoms with E-state index < -0.39 is 0 Å². The molecule has 0 aliphatic carbocycles. The second-order valence-corrected chi connectivity index (χ2v) is 14.0. The summed E-state index contributed by atoms with van der Waals surface area (Å²) in [4.78, 5) is 2.39. The van der Waals surface area contributed by atoms with Gasteiger partial charge in [-0.1, -0.05) is 133 Å². The van der Waals surface area contributed by atoms with E-state index in [1.807, 2.05) is 11.3 Å². The van der Waals surface area contributed by atoms with Crippen molar-refractivity contribution < 1.29 is 0 Å². The molecule has 0 fully saturated rings. The lowest BCUT2D eigenvalue weighted by molar-refractivity contribution is 1.18. The van der Waals surface area contributed by atoms with E-state index in [0.29, 0.717) is 0 Å². The van der Waals surface area contributed by atoms with Gasteiger partial charge >= 0.3 is 0 Å². The highest BCUT2D eigenvalue weighted by Gasteiger charge is 2.18. The van der Waals surface area contributed by atoms with Crippen LogP contribution in [0.5, 0.6) is 0 Å². The Bertz CT molecular complexity index is 2810. The number of benzene rings is 8. The van der Waals surface area contributed by atoms with Gasteiger partial charge in [0.1, 0.15) is 0 Å². The maximum atomic E-state index is 2.41. The van der Waals surface area contributed by atoms with Gasteiger partial charge in [0.2, 0.25) is 0 Å². The van der Waals surface area contributed by atoms with Crippen molar-refractivity contribution in [2.24, 2.45) is 0 Å². The smallest absolute Gasteiger partial charge is 0.0541 e. The van der Waals surface area contributed by atoms with E-state index in [1.165, 1.54) is 69.9 Å². The number of para-hydroxylation sites is 3. The lowest BCUT2D eigenvalue weighted by atomic mass is 10.0. The molecule has 0 bridgehead atoms. The summed E-state index contributed by atoms with van der Waals surface area (Å²) in [5, 5.41) is 5.15. The van der Waals surface area contributed by atoms with Crippen molar-refractivity contribution in [3.05, 3.63) is 194 Å². The number of rotatable bonds is 6. The molecule has 8 aromatic carbocycles. The molecule has 0 saturated heterocycles. The van der Waals surface area contributed by atoms with Crippen LogP contribution in [0.1, 0.15) is 0 Å². The molecule has 0 amide bonds. The Morgan fingerprint density at radius 1 is 0.353 bits per heavy atom. The van der Waals surface area contributed by atoms with E-state index in [1.54, 1.807) is 0 Å². The molecule has 2 heterocycles. The lowest BCUT2D eigenvalue weighted by Crippen LogP contribution is -2.10. The summed E-state index contributed by atoms with van der Waals surface area (Å²) in [7, 11) is 0. The lowest BCUT2D eigenvalue weighted by Gasteiger charge is -2.26. The number of thiophene rings is 1. The van der Waals surface area contributed by atoms with Gasteiger partial charge < -0.3 is 9.47 Å². The third-order valence-corrected chi connectivity index (χ3v) is 11.1. The van der Waals surface area contributed by atoms with Crippen molar-refractivity contribution >= 4 is 70.4 Å². The summed E-state index contributed by atoms with van der Waals surface area (Å²) in [6.07, 6.45) is 0. The molecular formula is C48H32N2S. The predicted octanol–water partition coefficient (Wildman–Crippen LogP) is 14.0. The largest absolute Gasteiger partial charge is 0.310 e. The molecule has 0 N–H and O–H groups in total. The first-order valence-corrected chi connectivity index (χ1v) is 18.2. The molecule has 2 aromatic heterocycles. The number of hydrogen-bond donors (Lipinski definition) is 0. The molecule has 0 atom stereocenters. The minimum atomic E-state index is 1.11. The monoisotopic (exact) mass is 668 g/mol. The van der Waals surface area contributed by atoms with Crippen LogP contribution in [0.4, 0.5) is 17.1 Å². The Labute approximate surface area is 300 Å². The Morgan fingerprint density at radius 3 is 1.73 bits per heavy atom. The molecule has 0 aliphatic rings. The van der Waals surface area contributed by atoms with Crippen molar-refractivity contribution in [3.8, 4) is 27.9 Å². The van der Waals surface area contributed by atoms with E-state index in [4.69, 9.17) is 0 Å². The molecule has 0 spiro atoms. The zero-order valence-electron chi connectivity index (χ0n) is 27.8. The van der Waals surface area contributed by atoms with E-state index in [2.05, 4.69) is 204 Å². The molecule has 0 aliphatic heterocycles. The molecular weight excluding hydrogens is 637 g/mol. The molecule has 51 heavy (non-hydrogen) atoms. The normalized spacial score (nSPS) is 11.5. The van der Waals surface area contributed by atoms with Crippen LogP contribution in [0.25, 0.3) is 69.9 Å². The summed E-state index contributed by atoms with van der Waals surface area (Å²) in [6.45, 7) is 0. The van der Waals surface area contributed by atoms with Gasteiger partial charge in [0.15, 0.2) is 0 Å². The molecule has 2 nitrogen and oxygen atoms in total. The summed E-state index contributed by atoms with van der Waals surface area (Å²) in [6, 6.07) is 70.4. The Kier molecular flexibility index (Phi) is 7.04. The van der Waals surface area contributed by atoms with Gasteiger partial charge in [-0.2, -0.15) is 0 Å². The van der Waals surface area contributed by atoms with Gasteiger partial charge in [0.05, 0.1) is 16.7 Å². The van der Waals surface area contributed by atoms with E-state index in [-0.39, 0.29) is 0 Å². The van der Waals surface area contributed by atoms with Crippen molar-refractivity contribution in [1.29, 1.82) is 0 Å². The van der Waals surface area contributed by atoms with Crippen molar-refractivity contribution in [2.75, 3.05) is 4.90 Å². The molecule has 10 aromatic rings. The Balaban J connectivity index is 1.12. The number of aromatic nitrogens is 1. The topological polar surface area (TPSA) is 8.17 Å². The van der Waals surface area contributed by atoms with Crippen molar-refractivity contribution in [3.63, 3.8) is 0 Å². The summed E-state index contributed by atoms with van der Waals surface area (Å²) < 4.78 is 5.01. The first-order valence-electron chi connectivity index (χ1n) is 17.4. The standard InChI is InChI=1S/C48H32N2S/c1-2-13-33(14-3-1)35-15-12-16-37(31-35)49(38-29-30-43-42-20-7-11-24-47(42)51-48(43)32-38)36-27-25-34(26-28-36)39-17-4-8-21-44(39)50-45-22-9-5-18-40(45)41-19-6-10-23-46(41)50/h1-32H. The van der Waals surface area contributed by atoms with Crippen molar-refractivity contribution in [2.45, 2.75) is 0 Å². The van der Waals surface area contributed by atoms with Gasteiger partial charge in [-0.15, -0.1) is 11.3 Å². The summed E-state index contributed by atoms with van der Waals surface area (Å²) in [5.41, 5.74) is 11.7. The van der Waals surface area contributed by atoms with E-state index in [9.17, 15) is 0 Å². The van der Waals surface area contributed by atoms with Crippen LogP contribution in [0.3, 0.4) is 0 Å². The molecule has 0 unspecified atom stereocenters. The van der Waals surface area contributed by atoms with Crippen LogP contribution in [0.15, 0.2) is 194 Å². The highest BCUT2D eigenvalue weighted by molar-refractivity contribution is 7.25. The minimum absolute atomic E-state index is 1.11.